The van der Waals surface area contributed by atoms with Crippen LogP contribution >= 0.6 is 0 Å². The third kappa shape index (κ3) is 2.03. The Kier molecular flexibility index (Phi) is 3.43. The Labute approximate surface area is 65.2 Å². The zero-order valence-electron chi connectivity index (χ0n) is 5.21. The third-order valence-electron chi connectivity index (χ3n) is 0.991. The van der Waals surface area contributed by atoms with Crippen molar-refractivity contribution >= 4 is 5.84 Å². The van der Waals surface area contributed by atoms with Crippen LogP contribution in [0.25, 0.3) is 0 Å². The number of nitrogens with zero attached hydrogens (tertiary/aromatic N) is 1. The molecule has 0 aliphatic heterocycles. The largest absolute Gasteiger partial charge is 1.00 e. The van der Waals surface area contributed by atoms with E-state index in [1.807, 2.05) is 0 Å². The van der Waals surface area contributed by atoms with Crippen molar-refractivity contribution in [1.29, 1.82) is 5.41 Å². The summed E-state index contributed by atoms with van der Waals surface area (Å²) < 4.78 is 0. The molecule has 0 spiro atoms. The molecule has 3 nitrogen and oxygen atoms in total. The van der Waals surface area contributed by atoms with E-state index in [-0.39, 0.29) is 18.2 Å². The molecule has 0 aromatic carbocycles. The molecule has 0 atom stereocenters. The monoisotopic (exact) mass is 156 g/mol. The van der Waals surface area contributed by atoms with E-state index < -0.39 is 0 Å². The Morgan fingerprint density at radius 2 is 1.90 bits per heavy atom. The van der Waals surface area contributed by atoms with Gasteiger partial charge in [0.25, 0.3) is 0 Å². The Morgan fingerprint density at radius 3 is 2.20 bits per heavy atom. The number of hydrogen-bond acceptors (Lipinski definition) is 2. The van der Waals surface area contributed by atoms with Crippen molar-refractivity contribution in [3.63, 3.8) is 0 Å². The van der Waals surface area contributed by atoms with Crippen LogP contribution in [-0.4, -0.2) is 10.8 Å². The van der Waals surface area contributed by atoms with Gasteiger partial charge in [-0.3, -0.25) is 10.4 Å². The highest BCUT2D eigenvalue weighted by Gasteiger charge is 1.89. The molecule has 0 saturated heterocycles. The fourth-order valence-electron chi connectivity index (χ4n) is 0.531. The SMILES string of the molecule is N=C(N)c1ccncc1.[Cl-]. The molecule has 0 unspecified atom stereocenters. The van der Waals surface area contributed by atoms with E-state index in [4.69, 9.17) is 11.1 Å². The lowest BCUT2D eigenvalue weighted by molar-refractivity contribution is -0.00000228. The molecule has 4 heteroatoms. The second-order valence-corrected chi connectivity index (χ2v) is 1.65. The van der Waals surface area contributed by atoms with Gasteiger partial charge in [0.05, 0.1) is 0 Å². The van der Waals surface area contributed by atoms with Crippen LogP contribution in [0.4, 0.5) is 0 Å². The van der Waals surface area contributed by atoms with Crippen molar-refractivity contribution < 1.29 is 12.4 Å². The molecule has 3 N–H and O–H groups in total. The predicted octanol–water partition coefficient (Wildman–Crippen LogP) is -2.63. The Hall–Kier alpha value is -1.09. The fourth-order valence-corrected chi connectivity index (χ4v) is 0.531. The zero-order chi connectivity index (χ0) is 6.69. The second kappa shape index (κ2) is 3.85. The normalized spacial score (nSPS) is 8.00. The van der Waals surface area contributed by atoms with Crippen LogP contribution in [0, 0.1) is 5.41 Å². The molecule has 1 aromatic rings. The summed E-state index contributed by atoms with van der Waals surface area (Å²) >= 11 is 0. The average Bonchev–Trinajstić information content (AvgIpc) is 1.90. The smallest absolute Gasteiger partial charge is 0.122 e. The molecule has 0 fully saturated rings. The molecular formula is C6H7ClN3-. The van der Waals surface area contributed by atoms with Crippen LogP contribution in [0.1, 0.15) is 5.56 Å². The van der Waals surface area contributed by atoms with Gasteiger partial charge in [-0.25, -0.2) is 0 Å². The van der Waals surface area contributed by atoms with E-state index in [1.54, 1.807) is 24.5 Å². The first kappa shape index (κ1) is 8.91. The number of rotatable bonds is 1. The van der Waals surface area contributed by atoms with Gasteiger partial charge in [-0.05, 0) is 12.1 Å². The molecule has 0 saturated carbocycles. The first-order chi connectivity index (χ1) is 4.30. The first-order valence-corrected chi connectivity index (χ1v) is 2.55. The summed E-state index contributed by atoms with van der Waals surface area (Å²) in [6, 6.07) is 3.39. The van der Waals surface area contributed by atoms with Gasteiger partial charge in [-0.15, -0.1) is 0 Å². The van der Waals surface area contributed by atoms with E-state index in [0.29, 0.717) is 5.56 Å². The van der Waals surface area contributed by atoms with Crippen LogP contribution in [0.2, 0.25) is 0 Å². The number of nitrogens with two attached hydrogens (primary N) is 1. The maximum atomic E-state index is 6.99. The topological polar surface area (TPSA) is 62.8 Å². The molecule has 1 heterocycles. The summed E-state index contributed by atoms with van der Waals surface area (Å²) in [5.41, 5.74) is 5.88. The van der Waals surface area contributed by atoms with Gasteiger partial charge in [0.15, 0.2) is 0 Å². The van der Waals surface area contributed by atoms with Gasteiger partial charge < -0.3 is 18.1 Å². The molecular weight excluding hydrogens is 150 g/mol. The van der Waals surface area contributed by atoms with E-state index in [9.17, 15) is 0 Å². The Bertz CT molecular complexity index is 209. The lowest BCUT2D eigenvalue weighted by atomic mass is 10.2. The van der Waals surface area contributed by atoms with Crippen molar-refractivity contribution in [2.24, 2.45) is 5.73 Å². The van der Waals surface area contributed by atoms with E-state index in [0.717, 1.165) is 0 Å². The highest BCUT2D eigenvalue weighted by atomic mass is 35.5. The van der Waals surface area contributed by atoms with E-state index in [2.05, 4.69) is 4.98 Å². The quantitative estimate of drug-likeness (QED) is 0.345. The third-order valence-corrected chi connectivity index (χ3v) is 0.991. The summed E-state index contributed by atoms with van der Waals surface area (Å²) in [5, 5.41) is 6.99. The molecule has 1 rings (SSSR count). The zero-order valence-corrected chi connectivity index (χ0v) is 5.97. The molecule has 0 aliphatic carbocycles. The molecule has 10 heavy (non-hydrogen) atoms. The number of aromatic nitrogens is 1. The summed E-state index contributed by atoms with van der Waals surface area (Å²) in [4.78, 5) is 3.78. The minimum Gasteiger partial charge on any atom is -1.00 e. The van der Waals surface area contributed by atoms with Gasteiger partial charge in [-0.2, -0.15) is 0 Å². The van der Waals surface area contributed by atoms with Crippen molar-refractivity contribution in [2.75, 3.05) is 0 Å². The Morgan fingerprint density at radius 1 is 1.40 bits per heavy atom. The van der Waals surface area contributed by atoms with Gasteiger partial charge in [0.2, 0.25) is 0 Å². The lowest BCUT2D eigenvalue weighted by Gasteiger charge is -1.92. The van der Waals surface area contributed by atoms with Crippen LogP contribution in [-0.2, 0) is 0 Å². The van der Waals surface area contributed by atoms with Crippen LogP contribution in [0.15, 0.2) is 24.5 Å². The highest BCUT2D eigenvalue weighted by molar-refractivity contribution is 5.94. The van der Waals surface area contributed by atoms with Gasteiger partial charge in [0.1, 0.15) is 5.84 Å². The number of halogens is 1. The first-order valence-electron chi connectivity index (χ1n) is 2.55. The minimum atomic E-state index is 0. The molecule has 1 aromatic heterocycles. The summed E-state index contributed by atoms with van der Waals surface area (Å²) in [6.45, 7) is 0. The summed E-state index contributed by atoms with van der Waals surface area (Å²) in [6.07, 6.45) is 3.22. The number of nitrogens with one attached hydrogen (secondary N) is 1. The molecule has 0 radical (unpaired) electrons. The maximum Gasteiger partial charge on any atom is 0.122 e. The van der Waals surface area contributed by atoms with Gasteiger partial charge in [0, 0.05) is 18.0 Å². The predicted molar refractivity (Wildman–Crippen MR) is 35.3 cm³/mol. The lowest BCUT2D eigenvalue weighted by Crippen LogP contribution is -3.00. The van der Waals surface area contributed by atoms with Crippen LogP contribution in [0.5, 0.6) is 0 Å². The minimum absolute atomic E-state index is 0. The number of amidine groups is 1. The Balaban J connectivity index is 0.000000810. The standard InChI is InChI=1S/C6H7N3.ClH/c7-6(8)5-1-3-9-4-2-5;/h1-4H,(H3,7,8);1H/p-1. The second-order valence-electron chi connectivity index (χ2n) is 1.65. The molecule has 0 bridgehead atoms. The van der Waals surface area contributed by atoms with Gasteiger partial charge in [-0.1, -0.05) is 0 Å². The van der Waals surface area contributed by atoms with Crippen molar-refractivity contribution in [3.8, 4) is 0 Å². The average molecular weight is 157 g/mol. The van der Waals surface area contributed by atoms with E-state index >= 15 is 0 Å². The number of pyridine rings is 1. The van der Waals surface area contributed by atoms with E-state index in [1.165, 1.54) is 0 Å². The maximum absolute atomic E-state index is 6.99. The number of hydrogen-bond donors (Lipinski definition) is 2. The van der Waals surface area contributed by atoms with Crippen molar-refractivity contribution in [2.45, 2.75) is 0 Å². The van der Waals surface area contributed by atoms with Gasteiger partial charge >= 0.3 is 0 Å². The molecule has 54 valence electrons. The van der Waals surface area contributed by atoms with Crippen molar-refractivity contribution in [3.05, 3.63) is 30.1 Å². The summed E-state index contributed by atoms with van der Waals surface area (Å²) in [7, 11) is 0. The molecule has 0 amide bonds. The highest BCUT2D eigenvalue weighted by Crippen LogP contribution is 1.91. The molecule has 0 aliphatic rings. The number of nitrogen functional groups attached to an aromatic ring is 1. The van der Waals surface area contributed by atoms with Crippen molar-refractivity contribution in [1.82, 2.24) is 4.98 Å². The van der Waals surface area contributed by atoms with Crippen LogP contribution in [0.3, 0.4) is 0 Å². The fraction of sp³-hybridized carbons (Fsp3) is 0. The van der Waals surface area contributed by atoms with Crippen LogP contribution < -0.4 is 18.1 Å². The summed E-state index contributed by atoms with van der Waals surface area (Å²) in [5.74, 6) is 0.0809.